The van der Waals surface area contributed by atoms with Crippen LogP contribution in [0.4, 0.5) is 0 Å². The molecule has 1 rings (SSSR count). The Hall–Kier alpha value is 0.590. The van der Waals surface area contributed by atoms with Gasteiger partial charge in [-0.2, -0.15) is 0 Å². The van der Waals surface area contributed by atoms with Crippen molar-refractivity contribution < 1.29 is 0 Å². The third-order valence-electron chi connectivity index (χ3n) is 1.17. The summed E-state index contributed by atoms with van der Waals surface area (Å²) in [6.45, 7) is 1.99. The van der Waals surface area contributed by atoms with Crippen molar-refractivity contribution in [3.63, 3.8) is 0 Å². The quantitative estimate of drug-likeness (QED) is 0.707. The second-order valence-electron chi connectivity index (χ2n) is 2.22. The van der Waals surface area contributed by atoms with E-state index in [2.05, 4.69) is 52.8 Å². The first kappa shape index (κ1) is 9.68. The lowest BCUT2D eigenvalue weighted by molar-refractivity contribution is 0.964. The monoisotopic (exact) mass is 341 g/mol. The first-order valence-electron chi connectivity index (χ1n) is 3.00. The summed E-state index contributed by atoms with van der Waals surface area (Å²) in [4.78, 5) is 4.21. The van der Waals surface area contributed by atoms with Crippen molar-refractivity contribution in [2.24, 2.45) is 0 Å². The van der Waals surface area contributed by atoms with Gasteiger partial charge in [-0.1, -0.05) is 31.9 Å². The lowest BCUT2D eigenvalue weighted by Gasteiger charge is -2.14. The Morgan fingerprint density at radius 2 is 2.09 bits per heavy atom. The number of pyridine rings is 1. The molecule has 11 heavy (non-hydrogen) atoms. The number of nitrogens with zero attached hydrogens (tertiary/aromatic N) is 1. The number of hydrogen-bond acceptors (Lipinski definition) is 1. The fourth-order valence-corrected chi connectivity index (χ4v) is 2.52. The maximum Gasteiger partial charge on any atom is 0.120 e. The topological polar surface area (TPSA) is 12.9 Å². The van der Waals surface area contributed by atoms with E-state index in [-0.39, 0.29) is 3.23 Å². The molecule has 0 amide bonds. The zero-order valence-corrected chi connectivity index (χ0v) is 10.6. The Balaban J connectivity index is 3.14. The molecule has 1 nitrogen and oxygen atoms in total. The summed E-state index contributed by atoms with van der Waals surface area (Å²) in [5, 5.41) is 0. The molecule has 0 aliphatic heterocycles. The van der Waals surface area contributed by atoms with Crippen LogP contribution in [-0.4, -0.2) is 4.98 Å². The molecule has 0 fully saturated rings. The summed E-state index contributed by atoms with van der Waals surface area (Å²) in [7, 11) is 0. The SMILES string of the molecule is CC(Br)(Br)c1ncccc1Br. The van der Waals surface area contributed by atoms with Gasteiger partial charge >= 0.3 is 0 Å². The molecule has 0 atom stereocenters. The Kier molecular flexibility index (Phi) is 3.11. The Labute approximate surface area is 91.0 Å². The second-order valence-corrected chi connectivity index (χ2v) is 7.31. The molecule has 0 saturated carbocycles. The standard InChI is InChI=1S/C7H6Br3N/c1-7(9,10)6-5(8)3-2-4-11-6/h2-4H,1H3. The fraction of sp³-hybridized carbons (Fsp3) is 0.286. The summed E-state index contributed by atoms with van der Waals surface area (Å²) in [6.07, 6.45) is 1.76. The van der Waals surface area contributed by atoms with Crippen molar-refractivity contribution in [3.05, 3.63) is 28.5 Å². The van der Waals surface area contributed by atoms with Crippen LogP contribution >= 0.6 is 47.8 Å². The van der Waals surface area contributed by atoms with Crippen LogP contribution in [0.1, 0.15) is 12.6 Å². The minimum absolute atomic E-state index is 0.250. The molecule has 0 aromatic carbocycles. The lowest BCUT2D eigenvalue weighted by Crippen LogP contribution is -2.05. The van der Waals surface area contributed by atoms with E-state index in [0.29, 0.717) is 0 Å². The Morgan fingerprint density at radius 1 is 1.45 bits per heavy atom. The maximum absolute atomic E-state index is 4.21. The van der Waals surface area contributed by atoms with Crippen molar-refractivity contribution in [2.75, 3.05) is 0 Å². The molecule has 0 saturated heterocycles. The number of hydrogen-bond donors (Lipinski definition) is 0. The molecule has 1 aromatic heterocycles. The lowest BCUT2D eigenvalue weighted by atomic mass is 10.3. The molecule has 4 heteroatoms. The van der Waals surface area contributed by atoms with E-state index in [1.54, 1.807) is 6.20 Å². The highest BCUT2D eigenvalue weighted by Crippen LogP contribution is 2.39. The second kappa shape index (κ2) is 3.54. The molecule has 0 bridgehead atoms. The summed E-state index contributed by atoms with van der Waals surface area (Å²) >= 11 is 10.3. The van der Waals surface area contributed by atoms with E-state index in [0.717, 1.165) is 10.2 Å². The van der Waals surface area contributed by atoms with Gasteiger partial charge in [-0.25, -0.2) is 0 Å². The number of halogens is 3. The molecule has 1 heterocycles. The summed E-state index contributed by atoms with van der Waals surface area (Å²) in [5.74, 6) is 0. The van der Waals surface area contributed by atoms with Gasteiger partial charge in [-0.15, -0.1) is 0 Å². The highest BCUT2D eigenvalue weighted by molar-refractivity contribution is 9.24. The molecular formula is C7H6Br3N. The molecule has 0 aliphatic carbocycles. The van der Waals surface area contributed by atoms with Crippen LogP contribution in [0, 0.1) is 0 Å². The van der Waals surface area contributed by atoms with Crippen LogP contribution in [-0.2, 0) is 3.23 Å². The molecule has 1 aromatic rings. The zero-order valence-electron chi connectivity index (χ0n) is 5.81. The molecule has 0 aliphatic rings. The minimum atomic E-state index is -0.250. The average molecular weight is 344 g/mol. The van der Waals surface area contributed by atoms with Crippen molar-refractivity contribution in [2.45, 2.75) is 10.2 Å². The van der Waals surface area contributed by atoms with Crippen LogP contribution in [0.5, 0.6) is 0 Å². The van der Waals surface area contributed by atoms with Gasteiger partial charge in [-0.3, -0.25) is 4.98 Å². The molecule has 0 N–H and O–H groups in total. The summed E-state index contributed by atoms with van der Waals surface area (Å²) in [5.41, 5.74) is 0.944. The first-order valence-corrected chi connectivity index (χ1v) is 5.38. The van der Waals surface area contributed by atoms with E-state index >= 15 is 0 Å². The van der Waals surface area contributed by atoms with Crippen LogP contribution < -0.4 is 0 Å². The summed E-state index contributed by atoms with van der Waals surface area (Å²) < 4.78 is 0.747. The van der Waals surface area contributed by atoms with Gasteiger partial charge < -0.3 is 0 Å². The molecule has 0 radical (unpaired) electrons. The van der Waals surface area contributed by atoms with Gasteiger partial charge in [0.05, 0.1) is 5.69 Å². The van der Waals surface area contributed by atoms with Crippen molar-refractivity contribution in [1.82, 2.24) is 4.98 Å². The van der Waals surface area contributed by atoms with Gasteiger partial charge in [0.2, 0.25) is 0 Å². The fourth-order valence-electron chi connectivity index (χ4n) is 0.709. The van der Waals surface area contributed by atoms with E-state index in [1.807, 2.05) is 19.1 Å². The van der Waals surface area contributed by atoms with Crippen molar-refractivity contribution >= 4 is 47.8 Å². The van der Waals surface area contributed by atoms with E-state index in [1.165, 1.54) is 0 Å². The van der Waals surface area contributed by atoms with Gasteiger partial charge in [0.25, 0.3) is 0 Å². The largest absolute Gasteiger partial charge is 0.258 e. The van der Waals surface area contributed by atoms with Gasteiger partial charge in [0, 0.05) is 10.7 Å². The van der Waals surface area contributed by atoms with E-state index < -0.39 is 0 Å². The third-order valence-corrected chi connectivity index (χ3v) is 2.57. The summed E-state index contributed by atoms with van der Waals surface area (Å²) in [6, 6.07) is 3.85. The number of rotatable bonds is 1. The highest BCUT2D eigenvalue weighted by Gasteiger charge is 2.22. The predicted octanol–water partition coefficient (Wildman–Crippen LogP) is 3.81. The Bertz CT molecular complexity index is 254. The average Bonchev–Trinajstić information content (AvgIpc) is 1.86. The van der Waals surface area contributed by atoms with E-state index in [9.17, 15) is 0 Å². The van der Waals surface area contributed by atoms with Crippen LogP contribution in [0.15, 0.2) is 22.8 Å². The van der Waals surface area contributed by atoms with Crippen LogP contribution in [0.2, 0.25) is 0 Å². The molecular weight excluding hydrogens is 338 g/mol. The van der Waals surface area contributed by atoms with Crippen molar-refractivity contribution in [3.8, 4) is 0 Å². The van der Waals surface area contributed by atoms with Gasteiger partial charge in [-0.05, 0) is 35.0 Å². The number of aromatic nitrogens is 1. The predicted molar refractivity (Wildman–Crippen MR) is 57.1 cm³/mol. The maximum atomic E-state index is 4.21. The first-order chi connectivity index (χ1) is 5.02. The van der Waals surface area contributed by atoms with Crippen LogP contribution in [0.25, 0.3) is 0 Å². The Morgan fingerprint density at radius 3 is 2.45 bits per heavy atom. The smallest absolute Gasteiger partial charge is 0.120 e. The molecule has 0 unspecified atom stereocenters. The highest BCUT2D eigenvalue weighted by atomic mass is 79.9. The molecule has 0 spiro atoms. The van der Waals surface area contributed by atoms with Gasteiger partial charge in [0.1, 0.15) is 3.23 Å². The third kappa shape index (κ3) is 2.53. The number of alkyl halides is 2. The van der Waals surface area contributed by atoms with Crippen molar-refractivity contribution in [1.29, 1.82) is 0 Å². The molecule has 60 valence electrons. The van der Waals surface area contributed by atoms with Crippen LogP contribution in [0.3, 0.4) is 0 Å². The zero-order chi connectivity index (χ0) is 8.48. The normalized spacial score (nSPS) is 11.6. The van der Waals surface area contributed by atoms with Gasteiger partial charge in [0.15, 0.2) is 0 Å². The minimum Gasteiger partial charge on any atom is -0.258 e. The van der Waals surface area contributed by atoms with E-state index in [4.69, 9.17) is 0 Å².